The van der Waals surface area contributed by atoms with Crippen LogP contribution in [0.2, 0.25) is 5.02 Å². The second-order valence-electron chi connectivity index (χ2n) is 5.32. The molecule has 0 aliphatic rings. The van der Waals surface area contributed by atoms with Crippen molar-refractivity contribution in [3.05, 3.63) is 47.1 Å². The third-order valence-electron chi connectivity index (χ3n) is 3.46. The Labute approximate surface area is 137 Å². The van der Waals surface area contributed by atoms with Crippen LogP contribution >= 0.6 is 11.6 Å². The maximum Gasteiger partial charge on any atom is 0.226 e. The van der Waals surface area contributed by atoms with E-state index in [9.17, 15) is 0 Å². The van der Waals surface area contributed by atoms with Crippen LogP contribution in [-0.4, -0.2) is 30.1 Å². The molecule has 4 nitrogen and oxygen atoms in total. The van der Waals surface area contributed by atoms with Crippen molar-refractivity contribution < 1.29 is 0 Å². The number of nitrogens with zero attached hydrogens (tertiary/aromatic N) is 3. The zero-order chi connectivity index (χ0) is 15.8. The van der Waals surface area contributed by atoms with E-state index in [0.29, 0.717) is 0 Å². The molecule has 118 valence electrons. The van der Waals surface area contributed by atoms with Crippen molar-refractivity contribution in [3.63, 3.8) is 0 Å². The summed E-state index contributed by atoms with van der Waals surface area (Å²) in [6, 6.07) is 9.84. The van der Waals surface area contributed by atoms with Gasteiger partial charge in [0.2, 0.25) is 5.95 Å². The molecule has 1 N–H and O–H groups in total. The standard InChI is InChI=1S/C17H23ClN4/c1-3-4-13-22(2)17-20-12-10-16(21-17)19-11-9-14-5-7-15(18)8-6-14/h5-8,10,12H,3-4,9,11,13H2,1-2H3,(H,19,20,21). The highest BCUT2D eigenvalue weighted by Crippen LogP contribution is 2.12. The Morgan fingerprint density at radius 1 is 1.18 bits per heavy atom. The van der Waals surface area contributed by atoms with Gasteiger partial charge in [-0.1, -0.05) is 37.1 Å². The van der Waals surface area contributed by atoms with Crippen LogP contribution in [0.3, 0.4) is 0 Å². The molecule has 22 heavy (non-hydrogen) atoms. The van der Waals surface area contributed by atoms with Crippen LogP contribution in [0.25, 0.3) is 0 Å². The molecule has 0 bridgehead atoms. The molecule has 0 saturated heterocycles. The number of anilines is 2. The minimum Gasteiger partial charge on any atom is -0.370 e. The number of hydrogen-bond acceptors (Lipinski definition) is 4. The van der Waals surface area contributed by atoms with E-state index >= 15 is 0 Å². The summed E-state index contributed by atoms with van der Waals surface area (Å²) in [7, 11) is 2.03. The van der Waals surface area contributed by atoms with Crippen LogP contribution in [0.15, 0.2) is 36.5 Å². The summed E-state index contributed by atoms with van der Waals surface area (Å²) >= 11 is 5.89. The first kappa shape index (κ1) is 16.6. The predicted molar refractivity (Wildman–Crippen MR) is 93.9 cm³/mol. The fourth-order valence-corrected chi connectivity index (χ4v) is 2.24. The normalized spacial score (nSPS) is 10.5. The zero-order valence-corrected chi connectivity index (χ0v) is 14.0. The molecule has 0 aliphatic heterocycles. The van der Waals surface area contributed by atoms with E-state index in [1.807, 2.05) is 37.4 Å². The summed E-state index contributed by atoms with van der Waals surface area (Å²) in [6.45, 7) is 3.99. The molecule has 0 spiro atoms. The lowest BCUT2D eigenvalue weighted by Gasteiger charge is -2.17. The fraction of sp³-hybridized carbons (Fsp3) is 0.412. The van der Waals surface area contributed by atoms with Crippen LogP contribution in [-0.2, 0) is 6.42 Å². The molecule has 0 unspecified atom stereocenters. The van der Waals surface area contributed by atoms with Gasteiger partial charge in [-0.3, -0.25) is 0 Å². The first-order chi connectivity index (χ1) is 10.7. The topological polar surface area (TPSA) is 41.1 Å². The Bertz CT molecular complexity index is 571. The highest BCUT2D eigenvalue weighted by atomic mass is 35.5. The minimum absolute atomic E-state index is 0.768. The zero-order valence-electron chi connectivity index (χ0n) is 13.2. The average molecular weight is 319 g/mol. The van der Waals surface area contributed by atoms with Gasteiger partial charge in [0, 0.05) is 31.4 Å². The van der Waals surface area contributed by atoms with E-state index in [1.54, 1.807) is 6.20 Å². The summed E-state index contributed by atoms with van der Waals surface area (Å²) in [5.74, 6) is 1.63. The molecular weight excluding hydrogens is 296 g/mol. The highest BCUT2D eigenvalue weighted by molar-refractivity contribution is 6.30. The van der Waals surface area contributed by atoms with Crippen molar-refractivity contribution >= 4 is 23.4 Å². The Balaban J connectivity index is 1.86. The molecule has 2 aromatic rings. The van der Waals surface area contributed by atoms with Crippen molar-refractivity contribution in [2.45, 2.75) is 26.2 Å². The molecule has 1 aromatic carbocycles. The number of unbranched alkanes of at least 4 members (excludes halogenated alkanes) is 1. The lowest BCUT2D eigenvalue weighted by atomic mass is 10.1. The van der Waals surface area contributed by atoms with Crippen LogP contribution in [0.5, 0.6) is 0 Å². The molecule has 0 fully saturated rings. The molecule has 0 radical (unpaired) electrons. The molecule has 1 aromatic heterocycles. The molecule has 0 aliphatic carbocycles. The first-order valence-corrected chi connectivity index (χ1v) is 8.09. The van der Waals surface area contributed by atoms with Gasteiger partial charge in [0.25, 0.3) is 0 Å². The van der Waals surface area contributed by atoms with E-state index in [0.717, 1.165) is 42.7 Å². The second kappa shape index (κ2) is 8.59. The Hall–Kier alpha value is -1.81. The van der Waals surface area contributed by atoms with Crippen molar-refractivity contribution in [2.75, 3.05) is 30.4 Å². The average Bonchev–Trinajstić information content (AvgIpc) is 2.55. The van der Waals surface area contributed by atoms with Crippen molar-refractivity contribution in [3.8, 4) is 0 Å². The smallest absolute Gasteiger partial charge is 0.226 e. The van der Waals surface area contributed by atoms with Gasteiger partial charge in [0.1, 0.15) is 5.82 Å². The summed E-state index contributed by atoms with van der Waals surface area (Å²) in [5.41, 5.74) is 1.26. The summed E-state index contributed by atoms with van der Waals surface area (Å²) in [5, 5.41) is 4.12. The Morgan fingerprint density at radius 3 is 2.68 bits per heavy atom. The van der Waals surface area contributed by atoms with Crippen LogP contribution in [0, 0.1) is 0 Å². The summed E-state index contributed by atoms with van der Waals surface area (Å²) < 4.78 is 0. The first-order valence-electron chi connectivity index (χ1n) is 7.71. The van der Waals surface area contributed by atoms with Gasteiger partial charge in [-0.25, -0.2) is 4.98 Å². The van der Waals surface area contributed by atoms with Crippen molar-refractivity contribution in [1.29, 1.82) is 0 Å². The Kier molecular flexibility index (Phi) is 6.46. The molecule has 0 atom stereocenters. The number of aromatic nitrogens is 2. The molecule has 0 saturated carbocycles. The quantitative estimate of drug-likeness (QED) is 0.798. The third kappa shape index (κ3) is 5.19. The second-order valence-corrected chi connectivity index (χ2v) is 5.76. The summed E-state index contributed by atoms with van der Waals surface area (Å²) in [6.07, 6.45) is 5.05. The van der Waals surface area contributed by atoms with E-state index in [-0.39, 0.29) is 0 Å². The minimum atomic E-state index is 0.768. The van der Waals surface area contributed by atoms with E-state index in [4.69, 9.17) is 11.6 Å². The SMILES string of the molecule is CCCCN(C)c1nccc(NCCc2ccc(Cl)cc2)n1. The Morgan fingerprint density at radius 2 is 1.95 bits per heavy atom. The highest BCUT2D eigenvalue weighted by Gasteiger charge is 2.04. The van der Waals surface area contributed by atoms with Gasteiger partial charge in [-0.2, -0.15) is 4.98 Å². The molecule has 5 heteroatoms. The monoisotopic (exact) mass is 318 g/mol. The fourth-order valence-electron chi connectivity index (χ4n) is 2.11. The molecule has 2 rings (SSSR count). The van der Waals surface area contributed by atoms with Gasteiger partial charge in [0.15, 0.2) is 0 Å². The lowest BCUT2D eigenvalue weighted by Crippen LogP contribution is -2.21. The maximum atomic E-state index is 5.89. The summed E-state index contributed by atoms with van der Waals surface area (Å²) in [4.78, 5) is 11.0. The van der Waals surface area contributed by atoms with E-state index in [1.165, 1.54) is 12.0 Å². The number of halogens is 1. The number of hydrogen-bond donors (Lipinski definition) is 1. The number of rotatable bonds is 8. The number of benzene rings is 1. The third-order valence-corrected chi connectivity index (χ3v) is 3.72. The van der Waals surface area contributed by atoms with Gasteiger partial charge in [-0.15, -0.1) is 0 Å². The van der Waals surface area contributed by atoms with Crippen molar-refractivity contribution in [1.82, 2.24) is 9.97 Å². The largest absolute Gasteiger partial charge is 0.370 e. The van der Waals surface area contributed by atoms with E-state index < -0.39 is 0 Å². The van der Waals surface area contributed by atoms with Gasteiger partial charge >= 0.3 is 0 Å². The molecular formula is C17H23ClN4. The van der Waals surface area contributed by atoms with Crippen LogP contribution < -0.4 is 10.2 Å². The van der Waals surface area contributed by atoms with E-state index in [2.05, 4.69) is 27.1 Å². The van der Waals surface area contributed by atoms with Gasteiger partial charge < -0.3 is 10.2 Å². The predicted octanol–water partition coefficient (Wildman–Crippen LogP) is 4.02. The maximum absolute atomic E-state index is 5.89. The molecule has 1 heterocycles. The van der Waals surface area contributed by atoms with Gasteiger partial charge in [0.05, 0.1) is 0 Å². The van der Waals surface area contributed by atoms with Crippen LogP contribution in [0.1, 0.15) is 25.3 Å². The number of nitrogens with one attached hydrogen (secondary N) is 1. The molecule has 0 amide bonds. The van der Waals surface area contributed by atoms with Gasteiger partial charge in [-0.05, 0) is 36.6 Å². The van der Waals surface area contributed by atoms with Crippen molar-refractivity contribution in [2.24, 2.45) is 0 Å². The van der Waals surface area contributed by atoms with Crippen LogP contribution in [0.4, 0.5) is 11.8 Å². The lowest BCUT2D eigenvalue weighted by molar-refractivity contribution is 0.750.